The lowest BCUT2D eigenvalue weighted by atomic mass is 10.1. The monoisotopic (exact) mass is 233 g/mol. The molecule has 0 spiro atoms. The highest BCUT2D eigenvalue weighted by atomic mass is 19.1. The summed E-state index contributed by atoms with van der Waals surface area (Å²) in [4.78, 5) is 20.1. The number of imidazole rings is 1. The van der Waals surface area contributed by atoms with Gasteiger partial charge in [-0.25, -0.2) is 14.2 Å². The summed E-state index contributed by atoms with van der Waals surface area (Å²) in [6, 6.07) is 10.3. The zero-order chi connectivity index (χ0) is 11.8. The molecular weight excluding hydrogens is 221 g/mol. The molecule has 3 rings (SSSR count). The number of fused-ring (bicyclic) bond motifs is 1. The smallest absolute Gasteiger partial charge is 0.304 e. The van der Waals surface area contributed by atoms with Crippen LogP contribution in [0.3, 0.4) is 0 Å². The molecule has 0 bridgehead atoms. The van der Waals surface area contributed by atoms with Crippen molar-refractivity contribution in [3.63, 3.8) is 0 Å². The molecule has 2 aromatic heterocycles. The molecule has 17 heavy (non-hydrogen) atoms. The minimum atomic E-state index is -0.459. The van der Waals surface area contributed by atoms with Crippen LogP contribution >= 0.6 is 0 Å². The van der Waals surface area contributed by atoms with E-state index in [0.717, 1.165) is 0 Å². The van der Waals surface area contributed by atoms with Crippen molar-refractivity contribution in [2.24, 2.45) is 0 Å². The van der Waals surface area contributed by atoms with Gasteiger partial charge in [-0.3, -0.25) is 4.98 Å². The van der Waals surface area contributed by atoms with Gasteiger partial charge in [0, 0.05) is 14.5 Å². The van der Waals surface area contributed by atoms with Crippen molar-refractivity contribution in [2.75, 3.05) is 0 Å². The first-order chi connectivity index (χ1) is 8.24. The zero-order valence-corrected chi connectivity index (χ0v) is 8.70. The van der Waals surface area contributed by atoms with Crippen LogP contribution in [0.5, 0.6) is 0 Å². The Hall–Kier alpha value is -2.43. The molecule has 2 N–H and O–H groups in total. The number of aromatic amines is 2. The van der Waals surface area contributed by atoms with Crippen molar-refractivity contribution < 1.29 is 7.24 Å². The fourth-order valence-electron chi connectivity index (χ4n) is 1.74. The van der Waals surface area contributed by atoms with Crippen LogP contribution < -0.4 is 5.69 Å². The van der Waals surface area contributed by atoms with Gasteiger partial charge in [0.05, 0.1) is 5.52 Å². The Morgan fingerprint density at radius 1 is 1.18 bits per heavy atom. The van der Waals surface area contributed by atoms with Gasteiger partial charge in [0.15, 0.2) is 11.5 Å². The average molecular weight is 233 g/mol. The minimum Gasteiger partial charge on any atom is -0.304 e. The van der Waals surface area contributed by atoms with Gasteiger partial charge in [0.2, 0.25) is 0 Å². The Balaban J connectivity index is 0.000000902. The number of H-pyrrole nitrogens is 2. The number of aromatic nitrogens is 3. The maximum Gasteiger partial charge on any atom is 0.325 e. The lowest BCUT2D eigenvalue weighted by molar-refractivity contribution is 0.628. The van der Waals surface area contributed by atoms with Crippen LogP contribution in [-0.2, 0) is 0 Å². The van der Waals surface area contributed by atoms with Crippen LogP contribution in [0.1, 0.15) is 2.85 Å². The molecule has 5 heteroatoms. The number of rotatable bonds is 1. The molecule has 2 heterocycles. The van der Waals surface area contributed by atoms with Crippen molar-refractivity contribution in [3.8, 4) is 11.3 Å². The SMILES string of the molecule is O=c1[nH]c2cc(F)c(-c3ccccc3)nc2[nH]1.[HH].[HH]. The number of hydrogen-bond acceptors (Lipinski definition) is 2. The van der Waals surface area contributed by atoms with Gasteiger partial charge in [0.25, 0.3) is 0 Å². The van der Waals surface area contributed by atoms with Gasteiger partial charge in [-0.05, 0) is 0 Å². The summed E-state index contributed by atoms with van der Waals surface area (Å²) in [6.45, 7) is 0. The Bertz CT molecular complexity index is 740. The van der Waals surface area contributed by atoms with E-state index in [0.29, 0.717) is 16.7 Å². The molecule has 0 radical (unpaired) electrons. The molecule has 0 aliphatic heterocycles. The molecule has 0 atom stereocenters. The van der Waals surface area contributed by atoms with E-state index in [-0.39, 0.29) is 8.55 Å². The number of nitrogens with one attached hydrogen (secondary N) is 2. The quantitative estimate of drug-likeness (QED) is 0.678. The van der Waals surface area contributed by atoms with E-state index in [2.05, 4.69) is 15.0 Å². The molecule has 4 nitrogen and oxygen atoms in total. The predicted molar refractivity (Wildman–Crippen MR) is 66.3 cm³/mol. The lowest BCUT2D eigenvalue weighted by Crippen LogP contribution is -1.99. The number of hydrogen-bond donors (Lipinski definition) is 2. The first kappa shape index (κ1) is 9.77. The highest BCUT2D eigenvalue weighted by molar-refractivity contribution is 5.75. The van der Waals surface area contributed by atoms with Crippen molar-refractivity contribution in [1.82, 2.24) is 15.0 Å². The summed E-state index contributed by atoms with van der Waals surface area (Å²) < 4.78 is 13.8. The highest BCUT2D eigenvalue weighted by Crippen LogP contribution is 2.22. The summed E-state index contributed by atoms with van der Waals surface area (Å²) >= 11 is 0. The van der Waals surface area contributed by atoms with Crippen LogP contribution in [0.15, 0.2) is 41.2 Å². The number of benzene rings is 1. The summed E-state index contributed by atoms with van der Waals surface area (Å²) in [7, 11) is 0. The molecule has 0 saturated carbocycles. The largest absolute Gasteiger partial charge is 0.325 e. The maximum absolute atomic E-state index is 13.8. The van der Waals surface area contributed by atoms with Crippen molar-refractivity contribution in [2.45, 2.75) is 0 Å². The Kier molecular flexibility index (Phi) is 2.04. The summed E-state index contributed by atoms with van der Waals surface area (Å²) in [5.74, 6) is -0.459. The van der Waals surface area contributed by atoms with Crippen molar-refractivity contribution in [1.29, 1.82) is 0 Å². The fraction of sp³-hybridized carbons (Fsp3) is 0. The van der Waals surface area contributed by atoms with E-state index in [9.17, 15) is 9.18 Å². The molecule has 0 amide bonds. The van der Waals surface area contributed by atoms with Gasteiger partial charge in [-0.15, -0.1) is 0 Å². The van der Waals surface area contributed by atoms with Gasteiger partial charge in [-0.2, -0.15) is 0 Å². The van der Waals surface area contributed by atoms with E-state index in [1.165, 1.54) is 6.07 Å². The van der Waals surface area contributed by atoms with Crippen molar-refractivity contribution >= 4 is 11.2 Å². The molecule has 0 unspecified atom stereocenters. The summed E-state index contributed by atoms with van der Waals surface area (Å²) in [6.07, 6.45) is 0. The second kappa shape index (κ2) is 3.55. The molecule has 0 aliphatic carbocycles. The van der Waals surface area contributed by atoms with E-state index in [1.807, 2.05) is 6.07 Å². The normalized spacial score (nSPS) is 10.9. The molecular formula is C12H12FN3O. The molecule has 0 saturated heterocycles. The summed E-state index contributed by atoms with van der Waals surface area (Å²) in [5, 5.41) is 0. The zero-order valence-electron chi connectivity index (χ0n) is 8.70. The molecule has 0 fully saturated rings. The molecule has 3 aromatic rings. The van der Waals surface area contributed by atoms with E-state index >= 15 is 0 Å². The third kappa shape index (κ3) is 1.61. The fourth-order valence-corrected chi connectivity index (χ4v) is 1.74. The second-order valence-corrected chi connectivity index (χ2v) is 3.66. The number of pyridine rings is 1. The molecule has 88 valence electrons. The Labute approximate surface area is 98.1 Å². The Morgan fingerprint density at radius 3 is 2.71 bits per heavy atom. The lowest BCUT2D eigenvalue weighted by Gasteiger charge is -2.01. The topological polar surface area (TPSA) is 61.5 Å². The van der Waals surface area contributed by atoms with Gasteiger partial charge >= 0.3 is 5.69 Å². The third-order valence-corrected chi connectivity index (χ3v) is 2.50. The Morgan fingerprint density at radius 2 is 1.94 bits per heavy atom. The van der Waals surface area contributed by atoms with Gasteiger partial charge in [-0.1, -0.05) is 30.3 Å². The molecule has 0 aliphatic rings. The predicted octanol–water partition coefficient (Wildman–Crippen LogP) is 2.55. The highest BCUT2D eigenvalue weighted by Gasteiger charge is 2.10. The first-order valence-electron chi connectivity index (χ1n) is 5.08. The van der Waals surface area contributed by atoms with E-state index in [4.69, 9.17) is 0 Å². The maximum atomic E-state index is 13.8. The molecule has 1 aromatic carbocycles. The van der Waals surface area contributed by atoms with E-state index < -0.39 is 11.5 Å². The van der Waals surface area contributed by atoms with Crippen LogP contribution in [0.4, 0.5) is 4.39 Å². The number of nitrogens with zero attached hydrogens (tertiary/aromatic N) is 1. The number of halogens is 1. The van der Waals surface area contributed by atoms with Crippen LogP contribution in [0.25, 0.3) is 22.4 Å². The summed E-state index contributed by atoms with van der Waals surface area (Å²) in [5.41, 5.74) is 1.24. The van der Waals surface area contributed by atoms with Gasteiger partial charge < -0.3 is 4.98 Å². The average Bonchev–Trinajstić information content (AvgIpc) is 2.68. The first-order valence-corrected chi connectivity index (χ1v) is 5.08. The van der Waals surface area contributed by atoms with Crippen LogP contribution in [0.2, 0.25) is 0 Å². The van der Waals surface area contributed by atoms with Crippen molar-refractivity contribution in [3.05, 3.63) is 52.7 Å². The second-order valence-electron chi connectivity index (χ2n) is 3.66. The van der Waals surface area contributed by atoms with E-state index in [1.54, 1.807) is 24.3 Å². The van der Waals surface area contributed by atoms with Gasteiger partial charge in [0.1, 0.15) is 5.69 Å². The van der Waals surface area contributed by atoms with Crippen LogP contribution in [-0.4, -0.2) is 15.0 Å². The standard InChI is InChI=1S/C12H8FN3O.2H2/c13-8-6-9-11(16-12(17)14-9)15-10(8)7-4-2-1-3-5-7;;/h1-6H,(H2,14,15,16,17);2*1H. The minimum absolute atomic E-state index is 0. The third-order valence-electron chi connectivity index (χ3n) is 2.50. The van der Waals surface area contributed by atoms with Crippen LogP contribution in [0, 0.1) is 5.82 Å².